The lowest BCUT2D eigenvalue weighted by atomic mass is 9.46. The maximum atomic E-state index is 5.71. The molecule has 3 fully saturated rings. The molecule has 2 N–H and O–H groups in total. The van der Waals surface area contributed by atoms with Gasteiger partial charge in [0.1, 0.15) is 0 Å². The summed E-state index contributed by atoms with van der Waals surface area (Å²) in [5, 5.41) is 0. The van der Waals surface area contributed by atoms with Gasteiger partial charge in [0.15, 0.2) is 0 Å². The largest absolute Gasteiger partial charge is 0.330 e. The Hall–Kier alpha value is -0.300. The molecule has 4 aliphatic carbocycles. The predicted octanol–water partition coefficient (Wildman–Crippen LogP) is 9.16. The maximum absolute atomic E-state index is 5.71. The van der Waals surface area contributed by atoms with E-state index >= 15 is 0 Å². The van der Waals surface area contributed by atoms with E-state index in [1.807, 2.05) is 5.57 Å². The number of allylic oxidation sites excluding steroid dienone is 2. The zero-order chi connectivity index (χ0) is 23.6. The van der Waals surface area contributed by atoms with Gasteiger partial charge in [-0.15, -0.1) is 0 Å². The first kappa shape index (κ1) is 25.8. The summed E-state index contributed by atoms with van der Waals surface area (Å²) >= 11 is 0. The molecule has 0 amide bonds. The van der Waals surface area contributed by atoms with Crippen molar-refractivity contribution in [2.24, 2.45) is 58.0 Å². The van der Waals surface area contributed by atoms with Crippen molar-refractivity contribution in [2.45, 2.75) is 131 Å². The van der Waals surface area contributed by atoms with Crippen LogP contribution in [-0.4, -0.2) is 6.54 Å². The summed E-state index contributed by atoms with van der Waals surface area (Å²) < 4.78 is 0. The Labute approximate surface area is 207 Å². The Bertz CT molecular complexity index is 663. The summed E-state index contributed by atoms with van der Waals surface area (Å²) in [6.07, 6.45) is 24.4. The van der Waals surface area contributed by atoms with Gasteiger partial charge in [0.05, 0.1) is 0 Å². The topological polar surface area (TPSA) is 26.0 Å². The second-order valence-electron chi connectivity index (χ2n) is 14.0. The van der Waals surface area contributed by atoms with E-state index in [-0.39, 0.29) is 0 Å². The van der Waals surface area contributed by atoms with Crippen LogP contribution in [0.3, 0.4) is 0 Å². The van der Waals surface area contributed by atoms with Crippen LogP contribution < -0.4 is 5.73 Å². The molecule has 4 rings (SSSR count). The highest BCUT2D eigenvalue weighted by Crippen LogP contribution is 2.67. The zero-order valence-corrected chi connectivity index (χ0v) is 23.0. The SMILES string of the molecule is CC(C)CCCC(C)C1CCC2C3CC=C4CC(CCCCCN)CCC4(C)C3CCC12C. The van der Waals surface area contributed by atoms with E-state index in [0.29, 0.717) is 10.8 Å². The minimum atomic E-state index is 0.527. The van der Waals surface area contributed by atoms with Crippen molar-refractivity contribution in [1.29, 1.82) is 0 Å². The molecule has 0 aromatic carbocycles. The van der Waals surface area contributed by atoms with Gasteiger partial charge in [0.25, 0.3) is 0 Å². The molecule has 33 heavy (non-hydrogen) atoms. The highest BCUT2D eigenvalue weighted by atomic mass is 14.6. The number of nitrogens with two attached hydrogens (primary N) is 1. The van der Waals surface area contributed by atoms with Gasteiger partial charge in [-0.25, -0.2) is 0 Å². The van der Waals surface area contributed by atoms with Crippen LogP contribution in [0.5, 0.6) is 0 Å². The lowest BCUT2D eigenvalue weighted by molar-refractivity contribution is -0.0529. The van der Waals surface area contributed by atoms with Crippen molar-refractivity contribution in [3.8, 4) is 0 Å². The van der Waals surface area contributed by atoms with Crippen molar-refractivity contribution < 1.29 is 0 Å². The maximum Gasteiger partial charge on any atom is -0.00773 e. The lowest BCUT2D eigenvalue weighted by Crippen LogP contribution is -2.50. The average Bonchev–Trinajstić information content (AvgIpc) is 3.14. The zero-order valence-electron chi connectivity index (χ0n) is 23.0. The molecule has 0 radical (unpaired) electrons. The van der Waals surface area contributed by atoms with Crippen molar-refractivity contribution in [3.63, 3.8) is 0 Å². The summed E-state index contributed by atoms with van der Waals surface area (Å²) in [6.45, 7) is 13.7. The van der Waals surface area contributed by atoms with E-state index in [9.17, 15) is 0 Å². The van der Waals surface area contributed by atoms with Crippen LogP contribution in [-0.2, 0) is 0 Å². The molecule has 0 aliphatic heterocycles. The third-order valence-corrected chi connectivity index (χ3v) is 11.7. The smallest absolute Gasteiger partial charge is 0.00773 e. The molecule has 190 valence electrons. The van der Waals surface area contributed by atoms with Crippen molar-refractivity contribution in [2.75, 3.05) is 6.54 Å². The van der Waals surface area contributed by atoms with Gasteiger partial charge in [-0.05, 0) is 117 Å². The first-order valence-corrected chi connectivity index (χ1v) is 15.2. The van der Waals surface area contributed by atoms with Crippen LogP contribution in [0.15, 0.2) is 11.6 Å². The number of unbranched alkanes of at least 4 members (excludes halogenated alkanes) is 2. The van der Waals surface area contributed by atoms with E-state index in [0.717, 1.165) is 48.0 Å². The first-order valence-electron chi connectivity index (χ1n) is 15.2. The van der Waals surface area contributed by atoms with Crippen molar-refractivity contribution in [3.05, 3.63) is 11.6 Å². The fourth-order valence-electron chi connectivity index (χ4n) is 9.76. The quantitative estimate of drug-likeness (QED) is 0.258. The minimum Gasteiger partial charge on any atom is -0.330 e. The molecule has 0 spiro atoms. The van der Waals surface area contributed by atoms with E-state index in [4.69, 9.17) is 5.73 Å². The van der Waals surface area contributed by atoms with E-state index in [1.54, 1.807) is 0 Å². The molecule has 0 saturated heterocycles. The second-order valence-corrected chi connectivity index (χ2v) is 14.0. The molecule has 8 atom stereocenters. The molecule has 0 bridgehead atoms. The lowest BCUT2D eigenvalue weighted by Gasteiger charge is -2.58. The van der Waals surface area contributed by atoms with Gasteiger partial charge in [0.2, 0.25) is 0 Å². The van der Waals surface area contributed by atoms with Crippen LogP contribution in [0.1, 0.15) is 131 Å². The fourth-order valence-corrected chi connectivity index (χ4v) is 9.76. The average molecular weight is 456 g/mol. The third-order valence-electron chi connectivity index (χ3n) is 11.7. The van der Waals surface area contributed by atoms with Crippen LogP contribution in [0, 0.1) is 52.3 Å². The van der Waals surface area contributed by atoms with Crippen molar-refractivity contribution in [1.82, 2.24) is 0 Å². The number of fused-ring (bicyclic) bond motifs is 5. The monoisotopic (exact) mass is 455 g/mol. The Balaban J connectivity index is 1.40. The number of rotatable bonds is 10. The summed E-state index contributed by atoms with van der Waals surface area (Å²) in [7, 11) is 0. The molecular formula is C32H57N. The van der Waals surface area contributed by atoms with Gasteiger partial charge in [-0.2, -0.15) is 0 Å². The van der Waals surface area contributed by atoms with Gasteiger partial charge in [-0.1, -0.05) is 84.8 Å². The molecule has 0 aromatic rings. The Morgan fingerprint density at radius 2 is 1.73 bits per heavy atom. The standard InChI is InChI=1S/C32H57N/c1-23(2)10-9-11-24(3)28-15-16-29-27-14-13-26-22-25(12-7-6-8-21-33)17-19-31(26,4)30(27)18-20-32(28,29)5/h13,23-25,27-30H,6-12,14-22,33H2,1-5H3. The van der Waals surface area contributed by atoms with Crippen LogP contribution in [0.25, 0.3) is 0 Å². The van der Waals surface area contributed by atoms with E-state index in [2.05, 4.69) is 40.7 Å². The van der Waals surface area contributed by atoms with Gasteiger partial charge >= 0.3 is 0 Å². The normalized spacial score (nSPS) is 41.3. The molecule has 4 aliphatic rings. The van der Waals surface area contributed by atoms with Gasteiger partial charge in [0, 0.05) is 0 Å². The Kier molecular flexibility index (Phi) is 8.40. The number of hydrogen-bond donors (Lipinski definition) is 1. The third kappa shape index (κ3) is 5.15. The first-order chi connectivity index (χ1) is 15.8. The fraction of sp³-hybridized carbons (Fsp3) is 0.938. The highest BCUT2D eigenvalue weighted by molar-refractivity contribution is 5.25. The summed E-state index contributed by atoms with van der Waals surface area (Å²) in [6, 6.07) is 0. The van der Waals surface area contributed by atoms with E-state index < -0.39 is 0 Å². The summed E-state index contributed by atoms with van der Waals surface area (Å²) in [4.78, 5) is 0. The van der Waals surface area contributed by atoms with Crippen LogP contribution in [0.4, 0.5) is 0 Å². The Morgan fingerprint density at radius 1 is 0.909 bits per heavy atom. The molecule has 0 heterocycles. The highest BCUT2D eigenvalue weighted by Gasteiger charge is 2.59. The predicted molar refractivity (Wildman–Crippen MR) is 144 cm³/mol. The number of hydrogen-bond acceptors (Lipinski definition) is 1. The summed E-state index contributed by atoms with van der Waals surface area (Å²) in [5.74, 6) is 6.68. The van der Waals surface area contributed by atoms with Crippen molar-refractivity contribution >= 4 is 0 Å². The molecular weight excluding hydrogens is 398 g/mol. The second kappa shape index (κ2) is 10.8. The summed E-state index contributed by atoms with van der Waals surface area (Å²) in [5.41, 5.74) is 8.75. The van der Waals surface area contributed by atoms with E-state index in [1.165, 1.54) is 96.3 Å². The molecule has 1 heteroatoms. The van der Waals surface area contributed by atoms with Gasteiger partial charge < -0.3 is 5.73 Å². The molecule has 8 unspecified atom stereocenters. The molecule has 1 nitrogen and oxygen atoms in total. The van der Waals surface area contributed by atoms with Crippen LogP contribution in [0.2, 0.25) is 0 Å². The minimum absolute atomic E-state index is 0.527. The Morgan fingerprint density at radius 3 is 2.48 bits per heavy atom. The molecule has 3 saturated carbocycles. The van der Waals surface area contributed by atoms with Gasteiger partial charge in [-0.3, -0.25) is 0 Å². The molecule has 0 aromatic heterocycles. The van der Waals surface area contributed by atoms with Crippen LogP contribution >= 0.6 is 0 Å².